The zero-order chi connectivity index (χ0) is 11.8. The summed E-state index contributed by atoms with van der Waals surface area (Å²) in [5, 5.41) is 3.09. The van der Waals surface area contributed by atoms with Gasteiger partial charge in [-0.25, -0.2) is 0 Å². The number of nitrogens with one attached hydrogen (secondary N) is 1. The van der Waals surface area contributed by atoms with Crippen molar-refractivity contribution in [2.24, 2.45) is 17.6 Å². The number of fused-ring (bicyclic) bond motifs is 2. The number of carbonyl (C=O) groups is 1. The normalized spacial score (nSPS) is 30.8. The van der Waals surface area contributed by atoms with Crippen LogP contribution in [0, 0.1) is 11.8 Å². The molecular weight excluding hydrogens is 216 g/mol. The van der Waals surface area contributed by atoms with Crippen molar-refractivity contribution in [1.82, 2.24) is 5.32 Å². The molecule has 4 heteroatoms. The fraction of sp³-hybridized carbons (Fsp3) is 0.615. The van der Waals surface area contributed by atoms with Crippen LogP contribution in [0.4, 0.5) is 0 Å². The monoisotopic (exact) mass is 234 g/mol. The second-order valence-corrected chi connectivity index (χ2v) is 5.22. The van der Waals surface area contributed by atoms with Gasteiger partial charge in [-0.2, -0.15) is 0 Å². The Bertz CT molecular complexity index is 427. The minimum absolute atomic E-state index is 0.0951. The lowest BCUT2D eigenvalue weighted by molar-refractivity contribution is 0.0893. The number of amides is 1. The van der Waals surface area contributed by atoms with Gasteiger partial charge in [0.15, 0.2) is 5.76 Å². The summed E-state index contributed by atoms with van der Waals surface area (Å²) in [5.74, 6) is 2.47. The van der Waals surface area contributed by atoms with E-state index in [1.807, 2.05) is 0 Å². The van der Waals surface area contributed by atoms with Crippen molar-refractivity contribution in [2.75, 3.05) is 0 Å². The molecule has 0 saturated heterocycles. The molecule has 3 rings (SSSR count). The van der Waals surface area contributed by atoms with Crippen LogP contribution in [0.3, 0.4) is 0 Å². The SMILES string of the molecule is NCc1ccc(C(=O)NC2CC3CCC2C3)o1. The molecule has 2 bridgehead atoms. The third-order valence-electron chi connectivity index (χ3n) is 4.14. The van der Waals surface area contributed by atoms with Crippen LogP contribution < -0.4 is 11.1 Å². The van der Waals surface area contributed by atoms with E-state index in [4.69, 9.17) is 10.2 Å². The van der Waals surface area contributed by atoms with Crippen molar-refractivity contribution in [3.63, 3.8) is 0 Å². The van der Waals surface area contributed by atoms with Crippen molar-refractivity contribution in [3.05, 3.63) is 23.7 Å². The summed E-state index contributed by atoms with van der Waals surface area (Å²) < 4.78 is 5.35. The number of hydrogen-bond donors (Lipinski definition) is 2. The molecule has 3 unspecified atom stereocenters. The first-order chi connectivity index (χ1) is 8.26. The number of furan rings is 1. The molecule has 3 atom stereocenters. The standard InChI is InChI=1S/C13H18N2O2/c14-7-10-3-4-12(17-10)13(16)15-11-6-8-1-2-9(11)5-8/h3-4,8-9,11H,1-2,5-7,14H2,(H,15,16). The second kappa shape index (κ2) is 4.18. The van der Waals surface area contributed by atoms with Crippen molar-refractivity contribution in [1.29, 1.82) is 0 Å². The Hall–Kier alpha value is -1.29. The van der Waals surface area contributed by atoms with Crippen molar-refractivity contribution >= 4 is 5.91 Å². The lowest BCUT2D eigenvalue weighted by atomic mass is 9.95. The summed E-state index contributed by atoms with van der Waals surface area (Å²) >= 11 is 0. The summed E-state index contributed by atoms with van der Waals surface area (Å²) in [6.07, 6.45) is 5.04. The Kier molecular flexibility index (Phi) is 2.67. The highest BCUT2D eigenvalue weighted by Crippen LogP contribution is 2.44. The molecule has 2 saturated carbocycles. The van der Waals surface area contributed by atoms with Crippen LogP contribution in [-0.4, -0.2) is 11.9 Å². The van der Waals surface area contributed by atoms with E-state index in [0.29, 0.717) is 30.0 Å². The summed E-state index contributed by atoms with van der Waals surface area (Å²) in [7, 11) is 0. The Balaban J connectivity index is 1.63. The molecule has 2 aliphatic rings. The maximum absolute atomic E-state index is 12.0. The lowest BCUT2D eigenvalue weighted by Gasteiger charge is -2.22. The van der Waals surface area contributed by atoms with Crippen LogP contribution in [0.2, 0.25) is 0 Å². The van der Waals surface area contributed by atoms with E-state index in [1.54, 1.807) is 12.1 Å². The molecule has 1 amide bonds. The Morgan fingerprint density at radius 3 is 2.88 bits per heavy atom. The maximum atomic E-state index is 12.0. The molecule has 3 N–H and O–H groups in total. The van der Waals surface area contributed by atoms with E-state index in [-0.39, 0.29) is 5.91 Å². The first kappa shape index (κ1) is 10.8. The predicted molar refractivity (Wildman–Crippen MR) is 63.3 cm³/mol. The van der Waals surface area contributed by atoms with Gasteiger partial charge in [-0.05, 0) is 43.2 Å². The Morgan fingerprint density at radius 2 is 2.29 bits per heavy atom. The van der Waals surface area contributed by atoms with Gasteiger partial charge in [0.1, 0.15) is 5.76 Å². The molecule has 92 valence electrons. The van der Waals surface area contributed by atoms with Gasteiger partial charge in [-0.1, -0.05) is 6.42 Å². The van der Waals surface area contributed by atoms with Crippen LogP contribution in [0.15, 0.2) is 16.5 Å². The van der Waals surface area contributed by atoms with Crippen LogP contribution in [-0.2, 0) is 6.54 Å². The second-order valence-electron chi connectivity index (χ2n) is 5.22. The van der Waals surface area contributed by atoms with Gasteiger partial charge in [0.25, 0.3) is 5.91 Å². The largest absolute Gasteiger partial charge is 0.455 e. The minimum Gasteiger partial charge on any atom is -0.455 e. The van der Waals surface area contributed by atoms with Crippen molar-refractivity contribution in [3.8, 4) is 0 Å². The number of rotatable bonds is 3. The lowest BCUT2D eigenvalue weighted by Crippen LogP contribution is -2.38. The molecule has 4 nitrogen and oxygen atoms in total. The molecule has 17 heavy (non-hydrogen) atoms. The van der Waals surface area contributed by atoms with Gasteiger partial charge in [0.2, 0.25) is 0 Å². The van der Waals surface area contributed by atoms with Crippen LogP contribution >= 0.6 is 0 Å². The molecule has 0 aliphatic heterocycles. The third kappa shape index (κ3) is 1.97. The topological polar surface area (TPSA) is 68.3 Å². The molecule has 2 aliphatic carbocycles. The summed E-state index contributed by atoms with van der Waals surface area (Å²) in [6, 6.07) is 3.81. The Labute approximate surface area is 101 Å². The first-order valence-electron chi connectivity index (χ1n) is 6.36. The summed E-state index contributed by atoms with van der Waals surface area (Å²) in [6.45, 7) is 0.335. The average Bonchev–Trinajstić information content (AvgIpc) is 3.04. The minimum atomic E-state index is -0.0951. The first-order valence-corrected chi connectivity index (χ1v) is 6.36. The molecule has 0 spiro atoms. The highest BCUT2D eigenvalue weighted by atomic mass is 16.4. The van der Waals surface area contributed by atoms with Crippen LogP contribution in [0.25, 0.3) is 0 Å². The van der Waals surface area contributed by atoms with E-state index in [9.17, 15) is 4.79 Å². The molecule has 0 radical (unpaired) electrons. The summed E-state index contributed by atoms with van der Waals surface area (Å²) in [5.41, 5.74) is 5.45. The third-order valence-corrected chi connectivity index (χ3v) is 4.14. The quantitative estimate of drug-likeness (QED) is 0.835. The van der Waals surface area contributed by atoms with Crippen molar-refractivity contribution in [2.45, 2.75) is 38.3 Å². The van der Waals surface area contributed by atoms with Crippen LogP contribution in [0.5, 0.6) is 0 Å². The zero-order valence-corrected chi connectivity index (χ0v) is 9.82. The van der Waals surface area contributed by atoms with Gasteiger partial charge in [0, 0.05) is 6.04 Å². The van der Waals surface area contributed by atoms with E-state index in [1.165, 1.54) is 19.3 Å². The fourth-order valence-corrected chi connectivity index (χ4v) is 3.27. The number of hydrogen-bond acceptors (Lipinski definition) is 3. The van der Waals surface area contributed by atoms with Gasteiger partial charge in [-0.15, -0.1) is 0 Å². The van der Waals surface area contributed by atoms with Crippen LogP contribution in [0.1, 0.15) is 42.0 Å². The van der Waals surface area contributed by atoms with Gasteiger partial charge in [0.05, 0.1) is 6.54 Å². The average molecular weight is 234 g/mol. The van der Waals surface area contributed by atoms with Crippen molar-refractivity contribution < 1.29 is 9.21 Å². The van der Waals surface area contributed by atoms with Gasteiger partial charge < -0.3 is 15.5 Å². The van der Waals surface area contributed by atoms with Gasteiger partial charge in [-0.3, -0.25) is 4.79 Å². The molecule has 2 fully saturated rings. The summed E-state index contributed by atoms with van der Waals surface area (Å²) in [4.78, 5) is 12.0. The van der Waals surface area contributed by atoms with Gasteiger partial charge >= 0.3 is 0 Å². The van der Waals surface area contributed by atoms with E-state index in [0.717, 1.165) is 12.3 Å². The highest BCUT2D eigenvalue weighted by Gasteiger charge is 2.40. The maximum Gasteiger partial charge on any atom is 0.287 e. The van der Waals surface area contributed by atoms with E-state index < -0.39 is 0 Å². The van der Waals surface area contributed by atoms with E-state index in [2.05, 4.69) is 5.32 Å². The Morgan fingerprint density at radius 1 is 1.41 bits per heavy atom. The zero-order valence-electron chi connectivity index (χ0n) is 9.82. The highest BCUT2D eigenvalue weighted by molar-refractivity contribution is 5.91. The fourth-order valence-electron chi connectivity index (χ4n) is 3.27. The smallest absolute Gasteiger partial charge is 0.287 e. The number of carbonyl (C=O) groups excluding carboxylic acids is 1. The molecule has 0 aromatic carbocycles. The van der Waals surface area contributed by atoms with E-state index >= 15 is 0 Å². The predicted octanol–water partition coefficient (Wildman–Crippen LogP) is 1.66. The molecule has 1 heterocycles. The molecule has 1 aromatic rings. The molecular formula is C13H18N2O2. The molecule has 1 aromatic heterocycles. The number of nitrogens with two attached hydrogens (primary N) is 1.